The van der Waals surface area contributed by atoms with Crippen molar-refractivity contribution in [3.8, 4) is 0 Å². The van der Waals surface area contributed by atoms with Crippen molar-refractivity contribution < 1.29 is 4.79 Å². The number of amides is 1. The van der Waals surface area contributed by atoms with E-state index in [0.29, 0.717) is 18.5 Å². The van der Waals surface area contributed by atoms with Crippen LogP contribution in [0.15, 0.2) is 30.3 Å². The predicted molar refractivity (Wildman–Crippen MR) is 90.4 cm³/mol. The highest BCUT2D eigenvalue weighted by molar-refractivity contribution is 5.81. The molecule has 122 valence electrons. The number of piperidine rings is 1. The summed E-state index contributed by atoms with van der Waals surface area (Å²) in [4.78, 5) is 16.6. The standard InChI is InChI=1S/C18H29N3O/c1-4-17(19)18(22)20(3)16-10-11-21(14(2)12-16)13-15-8-6-5-7-9-15/h5-9,14,16-17H,4,10-13,19H2,1-3H3/t14-,16-,17+/m1/s1. The fourth-order valence-electron chi connectivity index (χ4n) is 3.22. The lowest BCUT2D eigenvalue weighted by atomic mass is 9.96. The highest BCUT2D eigenvalue weighted by Crippen LogP contribution is 2.23. The molecule has 1 fully saturated rings. The summed E-state index contributed by atoms with van der Waals surface area (Å²) in [6, 6.07) is 11.0. The molecule has 0 aromatic heterocycles. The molecule has 3 atom stereocenters. The van der Waals surface area contributed by atoms with E-state index in [-0.39, 0.29) is 11.9 Å². The lowest BCUT2D eigenvalue weighted by Gasteiger charge is -2.41. The first-order chi connectivity index (χ1) is 10.5. The molecular weight excluding hydrogens is 274 g/mol. The maximum Gasteiger partial charge on any atom is 0.239 e. The number of nitrogens with two attached hydrogens (primary N) is 1. The van der Waals surface area contributed by atoms with E-state index in [2.05, 4.69) is 42.2 Å². The van der Waals surface area contributed by atoms with Crippen molar-refractivity contribution in [2.24, 2.45) is 5.73 Å². The van der Waals surface area contributed by atoms with Gasteiger partial charge in [-0.15, -0.1) is 0 Å². The molecule has 0 spiro atoms. The molecule has 4 nitrogen and oxygen atoms in total. The summed E-state index contributed by atoms with van der Waals surface area (Å²) in [6.07, 6.45) is 2.74. The van der Waals surface area contributed by atoms with Crippen LogP contribution in [-0.2, 0) is 11.3 Å². The third-order valence-electron chi connectivity index (χ3n) is 4.87. The number of nitrogens with zero attached hydrogens (tertiary/aromatic N) is 2. The summed E-state index contributed by atoms with van der Waals surface area (Å²) >= 11 is 0. The van der Waals surface area contributed by atoms with Gasteiger partial charge in [-0.25, -0.2) is 0 Å². The van der Waals surface area contributed by atoms with E-state index < -0.39 is 0 Å². The van der Waals surface area contributed by atoms with E-state index in [0.717, 1.165) is 25.9 Å². The van der Waals surface area contributed by atoms with Gasteiger partial charge in [0.05, 0.1) is 6.04 Å². The van der Waals surface area contributed by atoms with Gasteiger partial charge in [-0.3, -0.25) is 9.69 Å². The van der Waals surface area contributed by atoms with E-state index in [9.17, 15) is 4.79 Å². The predicted octanol–water partition coefficient (Wildman–Crippen LogP) is 2.24. The third-order valence-corrected chi connectivity index (χ3v) is 4.87. The molecular formula is C18H29N3O. The largest absolute Gasteiger partial charge is 0.341 e. The zero-order valence-electron chi connectivity index (χ0n) is 14.0. The number of likely N-dealkylation sites (N-methyl/N-ethyl adjacent to an activating group) is 1. The van der Waals surface area contributed by atoms with Crippen molar-refractivity contribution in [1.82, 2.24) is 9.80 Å². The Morgan fingerprint density at radius 3 is 2.68 bits per heavy atom. The summed E-state index contributed by atoms with van der Waals surface area (Å²) in [5.74, 6) is 0.0798. The number of likely N-dealkylation sites (tertiary alicyclic amines) is 1. The van der Waals surface area contributed by atoms with Gasteiger partial charge in [0.2, 0.25) is 5.91 Å². The Labute approximate surface area is 134 Å². The Balaban J connectivity index is 1.91. The molecule has 1 aliphatic rings. The van der Waals surface area contributed by atoms with Crippen LogP contribution in [0.3, 0.4) is 0 Å². The molecule has 0 unspecified atom stereocenters. The van der Waals surface area contributed by atoms with Crippen molar-refractivity contribution in [1.29, 1.82) is 0 Å². The lowest BCUT2D eigenvalue weighted by Crippen LogP contribution is -2.52. The van der Waals surface area contributed by atoms with Crippen LogP contribution >= 0.6 is 0 Å². The zero-order valence-corrected chi connectivity index (χ0v) is 14.0. The second-order valence-corrected chi connectivity index (χ2v) is 6.45. The fraction of sp³-hybridized carbons (Fsp3) is 0.611. The molecule has 1 amide bonds. The second kappa shape index (κ2) is 7.75. The number of hydrogen-bond donors (Lipinski definition) is 1. The minimum absolute atomic E-state index is 0.0798. The molecule has 0 aliphatic carbocycles. The van der Waals surface area contributed by atoms with Crippen molar-refractivity contribution in [2.45, 2.75) is 57.8 Å². The van der Waals surface area contributed by atoms with Gasteiger partial charge in [-0.05, 0) is 31.7 Å². The van der Waals surface area contributed by atoms with Crippen molar-refractivity contribution in [3.63, 3.8) is 0 Å². The summed E-state index contributed by atoms with van der Waals surface area (Å²) < 4.78 is 0. The summed E-state index contributed by atoms with van der Waals surface area (Å²) in [5.41, 5.74) is 7.24. The van der Waals surface area contributed by atoms with Crippen LogP contribution in [0.2, 0.25) is 0 Å². The van der Waals surface area contributed by atoms with E-state index in [1.165, 1.54) is 5.56 Å². The third kappa shape index (κ3) is 4.08. The van der Waals surface area contributed by atoms with Gasteiger partial charge >= 0.3 is 0 Å². The van der Waals surface area contributed by atoms with Crippen LogP contribution in [0.25, 0.3) is 0 Å². The number of carbonyl (C=O) groups excluding carboxylic acids is 1. The maximum absolute atomic E-state index is 12.2. The van der Waals surface area contributed by atoms with E-state index in [4.69, 9.17) is 5.73 Å². The van der Waals surface area contributed by atoms with Crippen LogP contribution in [0.5, 0.6) is 0 Å². The first-order valence-electron chi connectivity index (χ1n) is 8.33. The minimum atomic E-state index is -0.359. The van der Waals surface area contributed by atoms with Crippen LogP contribution in [0.1, 0.15) is 38.7 Å². The fourth-order valence-corrected chi connectivity index (χ4v) is 3.22. The van der Waals surface area contributed by atoms with Crippen LogP contribution in [0, 0.1) is 0 Å². The molecule has 22 heavy (non-hydrogen) atoms. The van der Waals surface area contributed by atoms with Crippen molar-refractivity contribution in [2.75, 3.05) is 13.6 Å². The molecule has 1 aliphatic heterocycles. The summed E-state index contributed by atoms with van der Waals surface area (Å²) in [7, 11) is 1.90. The number of rotatable bonds is 5. The zero-order chi connectivity index (χ0) is 16.1. The Kier molecular flexibility index (Phi) is 5.98. The smallest absolute Gasteiger partial charge is 0.239 e. The second-order valence-electron chi connectivity index (χ2n) is 6.45. The van der Waals surface area contributed by atoms with Crippen LogP contribution in [-0.4, -0.2) is 47.4 Å². The molecule has 0 bridgehead atoms. The van der Waals surface area contributed by atoms with Gasteiger partial charge in [0.25, 0.3) is 0 Å². The molecule has 2 N–H and O–H groups in total. The van der Waals surface area contributed by atoms with E-state index in [1.807, 2.05) is 18.9 Å². The normalized spacial score (nSPS) is 24.0. The monoisotopic (exact) mass is 303 g/mol. The summed E-state index contributed by atoms with van der Waals surface area (Å²) in [6.45, 7) is 6.23. The van der Waals surface area contributed by atoms with Gasteiger partial charge in [-0.2, -0.15) is 0 Å². The van der Waals surface area contributed by atoms with Crippen molar-refractivity contribution >= 4 is 5.91 Å². The molecule has 1 aromatic carbocycles. The molecule has 2 rings (SSSR count). The first-order valence-corrected chi connectivity index (χ1v) is 8.33. The molecule has 1 aromatic rings. The number of benzene rings is 1. The quantitative estimate of drug-likeness (QED) is 0.907. The maximum atomic E-state index is 12.2. The van der Waals surface area contributed by atoms with Crippen LogP contribution < -0.4 is 5.73 Å². The van der Waals surface area contributed by atoms with Gasteiger partial charge in [0.15, 0.2) is 0 Å². The first kappa shape index (κ1) is 17.0. The van der Waals surface area contributed by atoms with Gasteiger partial charge in [-0.1, -0.05) is 37.3 Å². The number of carbonyl (C=O) groups is 1. The highest BCUT2D eigenvalue weighted by Gasteiger charge is 2.31. The Morgan fingerprint density at radius 2 is 2.09 bits per heavy atom. The SMILES string of the molecule is CC[C@H](N)C(=O)N(C)[C@@H]1CCN(Cc2ccccc2)[C@H](C)C1. The average molecular weight is 303 g/mol. The molecule has 1 heterocycles. The minimum Gasteiger partial charge on any atom is -0.341 e. The topological polar surface area (TPSA) is 49.6 Å². The van der Waals surface area contributed by atoms with Crippen LogP contribution in [0.4, 0.5) is 0 Å². The summed E-state index contributed by atoms with van der Waals surface area (Å²) in [5, 5.41) is 0. The van der Waals surface area contributed by atoms with E-state index >= 15 is 0 Å². The number of hydrogen-bond acceptors (Lipinski definition) is 3. The van der Waals surface area contributed by atoms with Gasteiger partial charge < -0.3 is 10.6 Å². The Bertz CT molecular complexity index is 476. The Morgan fingerprint density at radius 1 is 1.41 bits per heavy atom. The molecule has 4 heteroatoms. The van der Waals surface area contributed by atoms with Gasteiger partial charge in [0, 0.05) is 32.2 Å². The lowest BCUT2D eigenvalue weighted by molar-refractivity contribution is -0.134. The molecule has 1 saturated heterocycles. The van der Waals surface area contributed by atoms with E-state index in [1.54, 1.807) is 0 Å². The molecule has 0 radical (unpaired) electrons. The molecule has 0 saturated carbocycles. The highest BCUT2D eigenvalue weighted by atomic mass is 16.2. The van der Waals surface area contributed by atoms with Crippen molar-refractivity contribution in [3.05, 3.63) is 35.9 Å². The Hall–Kier alpha value is -1.39. The van der Waals surface area contributed by atoms with Gasteiger partial charge in [0.1, 0.15) is 0 Å². The average Bonchev–Trinajstić information content (AvgIpc) is 2.55.